The summed E-state index contributed by atoms with van der Waals surface area (Å²) in [6.45, 7) is 13.4. The van der Waals surface area contributed by atoms with Crippen LogP contribution < -0.4 is 56.9 Å². The van der Waals surface area contributed by atoms with Crippen LogP contribution in [0, 0.1) is 85.4 Å². The monoisotopic (exact) mass is 1570 g/mol. The fraction of sp³-hybridized carbons (Fsp3) is 0.337. The van der Waals surface area contributed by atoms with Gasteiger partial charge in [-0.15, -0.1) is 0 Å². The second-order valence-corrected chi connectivity index (χ2v) is 27.0. The number of ketones is 1. The van der Waals surface area contributed by atoms with E-state index in [1.54, 1.807) is 43.2 Å². The molecule has 7 aromatic carbocycles. The predicted molar refractivity (Wildman–Crippen MR) is 436 cm³/mol. The van der Waals surface area contributed by atoms with Gasteiger partial charge in [-0.2, -0.15) is 31.6 Å². The number of hydrogen-bond acceptors (Lipinski definition) is 23. The number of Topliss-reactive ketones (excluding diaryl/α,β-unsaturated/α-hetero) is 1. The second-order valence-electron chi connectivity index (χ2n) is 26.6. The van der Waals surface area contributed by atoms with E-state index in [0.29, 0.717) is 67.4 Å². The molecule has 6 fully saturated rings. The minimum atomic E-state index is -1.06. The van der Waals surface area contributed by atoms with E-state index in [-0.39, 0.29) is 48.3 Å². The van der Waals surface area contributed by atoms with Crippen LogP contribution in [-0.4, -0.2) is 185 Å². The highest BCUT2D eigenvalue weighted by molar-refractivity contribution is 7.13. The molecule has 7 heterocycles. The Kier molecular flexibility index (Phi) is 38.4. The zero-order chi connectivity index (χ0) is 82.0. The van der Waals surface area contributed by atoms with Gasteiger partial charge in [0.2, 0.25) is 0 Å². The summed E-state index contributed by atoms with van der Waals surface area (Å²) in [6, 6.07) is 62.6. The van der Waals surface area contributed by atoms with Crippen molar-refractivity contribution >= 4 is 57.1 Å². The van der Waals surface area contributed by atoms with Gasteiger partial charge in [0, 0.05) is 116 Å². The maximum atomic E-state index is 13.6. The number of urea groups is 1. The topological polar surface area (TPSA) is 383 Å². The maximum Gasteiger partial charge on any atom is 0.418 e. The van der Waals surface area contributed by atoms with Crippen molar-refractivity contribution in [3.63, 3.8) is 0 Å². The third-order valence-electron chi connectivity index (χ3n) is 18.5. The van der Waals surface area contributed by atoms with Gasteiger partial charge in [0.25, 0.3) is 0 Å². The molecule has 3 amide bonds. The number of aliphatic hydroxyl groups is 2. The van der Waals surface area contributed by atoms with Crippen LogP contribution in [0.1, 0.15) is 77.1 Å². The van der Waals surface area contributed by atoms with E-state index in [4.69, 9.17) is 46.9 Å². The number of nitrogens with two attached hydrogens (primary N) is 1. The molecule has 26 nitrogen and oxygen atoms in total. The first-order valence-corrected chi connectivity index (χ1v) is 38.0. The molecule has 6 atom stereocenters. The van der Waals surface area contributed by atoms with Crippen LogP contribution >= 0.6 is 9.39 Å². The van der Waals surface area contributed by atoms with Crippen LogP contribution in [0.4, 0.5) is 45.5 Å². The van der Waals surface area contributed by atoms with Crippen molar-refractivity contribution in [2.24, 2.45) is 5.73 Å². The van der Waals surface area contributed by atoms with Crippen molar-refractivity contribution in [1.29, 1.82) is 31.6 Å². The van der Waals surface area contributed by atoms with Crippen molar-refractivity contribution < 1.29 is 47.5 Å². The number of ether oxygens (including phenoxy) is 1. The zero-order valence-corrected chi connectivity index (χ0v) is 64.7. The quantitative estimate of drug-likeness (QED) is 0.0232. The molecule has 0 bridgehead atoms. The molecule has 14 rings (SSSR count). The number of anilines is 4. The van der Waals surface area contributed by atoms with E-state index in [9.17, 15) is 37.9 Å². The number of amides is 3. The smallest absolute Gasteiger partial charge is 0.418 e. The summed E-state index contributed by atoms with van der Waals surface area (Å²) in [7, 11) is 2.08. The van der Waals surface area contributed by atoms with Crippen LogP contribution in [0.5, 0.6) is 0 Å². The lowest BCUT2D eigenvalue weighted by Crippen LogP contribution is -2.45. The minimum absolute atomic E-state index is 0.0648. The number of nitrogens with zero attached hydrogens (tertiary/aromatic N) is 12. The van der Waals surface area contributed by atoms with Gasteiger partial charge in [-0.1, -0.05) is 88.3 Å². The molecule has 0 saturated carbocycles. The molecule has 0 radical (unpaired) electrons. The van der Waals surface area contributed by atoms with Crippen molar-refractivity contribution in [2.45, 2.75) is 69.3 Å². The molecule has 6 unspecified atom stereocenters. The van der Waals surface area contributed by atoms with Gasteiger partial charge in [0.05, 0.1) is 80.6 Å². The second kappa shape index (κ2) is 48.9. The first-order chi connectivity index (χ1) is 55.4. The summed E-state index contributed by atoms with van der Waals surface area (Å²) in [5.74, 6) is -2.27. The maximum absolute atomic E-state index is 13.6. The molecule has 31 heteroatoms. The van der Waals surface area contributed by atoms with E-state index in [2.05, 4.69) is 86.0 Å². The lowest BCUT2D eigenvalue weighted by molar-refractivity contribution is -0.116. The number of aromatic nitrogens is 1. The number of carbonyl (C=O) groups is 3. The number of β-amino-alcohol motifs (C(OH)–C–C–N with tert-alkyl or cyclic N) is 2. The Hall–Kier alpha value is -11.7. The Bertz CT molecular complexity index is 4620. The molecule has 0 aliphatic carbocycles. The van der Waals surface area contributed by atoms with Gasteiger partial charge in [-0.05, 0) is 148 Å². The first kappa shape index (κ1) is 89.5. The van der Waals surface area contributed by atoms with Gasteiger partial charge in [0.1, 0.15) is 54.9 Å². The highest BCUT2D eigenvalue weighted by Crippen LogP contribution is 2.31. The van der Waals surface area contributed by atoms with E-state index >= 15 is 0 Å². The van der Waals surface area contributed by atoms with Crippen LogP contribution in [-0.2, 0) is 9.53 Å². The summed E-state index contributed by atoms with van der Waals surface area (Å²) < 4.78 is 46.1. The number of halogens is 3. The van der Waals surface area contributed by atoms with Gasteiger partial charge >= 0.3 is 19.2 Å². The molecule has 6 saturated heterocycles. The van der Waals surface area contributed by atoms with Crippen LogP contribution in [0.2, 0.25) is 6.82 Å². The zero-order valence-electron chi connectivity index (χ0n) is 63.5. The molecule has 114 heavy (non-hydrogen) atoms. The first-order valence-electron chi connectivity index (χ1n) is 37.4. The summed E-state index contributed by atoms with van der Waals surface area (Å²) in [6.07, 6.45) is 7.05. The number of aliphatic hydroxyl groups excluding tert-OH is 2. The lowest BCUT2D eigenvalue weighted by atomic mass is 9.89. The van der Waals surface area contributed by atoms with E-state index in [0.717, 1.165) is 142 Å². The van der Waals surface area contributed by atoms with E-state index in [1.807, 2.05) is 137 Å². The molecule has 11 N–H and O–H groups in total. The summed E-state index contributed by atoms with van der Waals surface area (Å²) in [5, 5.41) is 98.2. The number of benzene rings is 7. The van der Waals surface area contributed by atoms with Crippen LogP contribution in [0.15, 0.2) is 188 Å². The molecule has 6 aliphatic heterocycles. The Morgan fingerprint density at radius 2 is 1.02 bits per heavy atom. The van der Waals surface area contributed by atoms with Crippen LogP contribution in [0.3, 0.4) is 0 Å². The third-order valence-corrected chi connectivity index (χ3v) is 18.8. The Balaban J connectivity index is 0.000000192. The average molecular weight is 1570 g/mol. The minimum Gasteiger partial charge on any atom is -0.446 e. The van der Waals surface area contributed by atoms with Gasteiger partial charge in [0.15, 0.2) is 17.4 Å². The van der Waals surface area contributed by atoms with E-state index < -0.39 is 42.7 Å². The molecule has 0 spiro atoms. The fourth-order valence-corrected chi connectivity index (χ4v) is 12.9. The highest BCUT2D eigenvalue weighted by Gasteiger charge is 2.39. The SMILES string of the molecule is CB(O)NCCN.N#Cc1ccccc1-n1cccc1.N#Cc1ccccc1F.N#Cc1ccccc1N1CCC(=O)C1.N#Cc1ccccc1N1CCC(NCCNC(=O)N2C(=O)OCC2c2ccc(F)c(F)c2)C1.N#Cc1ccccc1N1CCC(NCCNP)C1.N#Cc1ccccc1N1CCC(O)C1.OC1CCNC1. The number of hydrogen-bond donors (Lipinski definition) is 10. The fourth-order valence-electron chi connectivity index (χ4n) is 12.7. The van der Waals surface area contributed by atoms with Crippen molar-refractivity contribution in [3.05, 3.63) is 245 Å². The number of rotatable bonds is 17. The van der Waals surface area contributed by atoms with Gasteiger partial charge in [-0.3, -0.25) is 9.88 Å². The predicted octanol–water partition coefficient (Wildman–Crippen LogP) is 8.51. The Labute approximate surface area is 666 Å². The Morgan fingerprint density at radius 3 is 1.42 bits per heavy atom. The molecule has 1 aromatic heterocycles. The highest BCUT2D eigenvalue weighted by atomic mass is 31.0. The van der Waals surface area contributed by atoms with Gasteiger partial charge in [-0.25, -0.2) is 27.7 Å². The van der Waals surface area contributed by atoms with Crippen molar-refractivity contribution in [3.8, 4) is 42.1 Å². The molecule has 594 valence electrons. The molecular formula is C83H96BF3N19O7P. The largest absolute Gasteiger partial charge is 0.446 e. The lowest BCUT2D eigenvalue weighted by Gasteiger charge is -2.21. The standard InChI is InChI=1S/C23H23F2N5O3.C13H19N4P.C11H12N2O.C11H10N2O.C11H8N2.C7H4FN.C4H9NO.C3H11BN2O/c24-18-6-5-15(11-19(18)25)21-14-33-23(32)30(21)22(31)28-9-8-27-17-7-10-29(13-17)20-4-2-1-3-16(20)12-26;14-9-11-3-1-2-4-13(11)17-8-5-12(10-17)15-6-7-16-18;2*12-7-9-3-1-2-4-11(9)13-6-5-10(14)8-13;12-9-10-5-1-2-6-11(10)13-7-3-4-8-13;8-7-4-2-1-3-6(7)5-9;6-4-1-2-5-3-4;1-4(7)6-3-2-5/h1-6,11,17,21,27H,7-10,13-14H2,(H,28,31);1-4,12,15-16H,5-8,10,18H2;1-4,10,14H,5-6,8H2;1-4H,5-6,8H2;1-8H;1-4H;4-6H,1-3H2;6-7H,2-3,5H2,1H3. The molecule has 6 aliphatic rings. The summed E-state index contributed by atoms with van der Waals surface area (Å²) in [4.78, 5) is 45.1. The van der Waals surface area contributed by atoms with Crippen molar-refractivity contribution in [1.82, 2.24) is 41.0 Å². The number of para-hydroxylation sites is 5. The normalized spacial score (nSPS) is 17.4. The van der Waals surface area contributed by atoms with Crippen molar-refractivity contribution in [2.75, 3.05) is 131 Å². The summed E-state index contributed by atoms with van der Waals surface area (Å²) >= 11 is 0. The average Bonchev–Trinajstić information content (AvgIpc) is 1.65. The number of carbonyl (C=O) groups excluding carboxylic acids is 3. The van der Waals surface area contributed by atoms with E-state index in [1.165, 1.54) is 18.2 Å². The number of nitriles is 6. The number of cyclic esters (lactones) is 1. The molecular weight excluding hydrogens is 1470 g/mol. The molecule has 8 aromatic rings. The van der Waals surface area contributed by atoms with Crippen LogP contribution in [0.25, 0.3) is 5.69 Å². The Morgan fingerprint density at radius 1 is 0.553 bits per heavy atom. The number of nitrogens with one attached hydrogen (secondary N) is 6. The summed E-state index contributed by atoms with van der Waals surface area (Å²) in [5.41, 5.74) is 13.6. The number of imide groups is 1. The van der Waals surface area contributed by atoms with Gasteiger partial charge < -0.3 is 76.4 Å². The third kappa shape index (κ3) is 28.5.